The Morgan fingerprint density at radius 3 is 2.89 bits per heavy atom. The lowest BCUT2D eigenvalue weighted by Gasteiger charge is -2.21. The van der Waals surface area contributed by atoms with Gasteiger partial charge in [-0.3, -0.25) is 9.79 Å². The summed E-state index contributed by atoms with van der Waals surface area (Å²) in [6, 6.07) is 3.74. The lowest BCUT2D eigenvalue weighted by Crippen LogP contribution is -2.46. The molecule has 1 aliphatic carbocycles. The highest BCUT2D eigenvalue weighted by Crippen LogP contribution is 2.27. The molecule has 2 heterocycles. The largest absolute Gasteiger partial charge is 0.475 e. The van der Waals surface area contributed by atoms with E-state index in [1.54, 1.807) is 25.4 Å². The van der Waals surface area contributed by atoms with Gasteiger partial charge in [0.25, 0.3) is 0 Å². The second-order valence-electron chi connectivity index (χ2n) is 7.03. The zero-order valence-corrected chi connectivity index (χ0v) is 19.3. The molecule has 28 heavy (non-hydrogen) atoms. The van der Waals surface area contributed by atoms with E-state index in [0.29, 0.717) is 35.9 Å². The minimum Gasteiger partial charge on any atom is -0.475 e. The molecule has 0 aromatic carbocycles. The first kappa shape index (κ1) is 23.0. The highest BCUT2D eigenvalue weighted by Gasteiger charge is 2.32. The normalized spacial score (nSPS) is 20.0. The van der Waals surface area contributed by atoms with Gasteiger partial charge >= 0.3 is 0 Å². The zero-order valence-electron chi connectivity index (χ0n) is 16.2. The topological polar surface area (TPSA) is 78.9 Å². The number of likely N-dealkylation sites (tertiary alicyclic amines) is 1. The van der Waals surface area contributed by atoms with E-state index >= 15 is 0 Å². The summed E-state index contributed by atoms with van der Waals surface area (Å²) in [5.41, 5.74) is 0. The third-order valence-corrected chi connectivity index (χ3v) is 5.41. The first-order valence-electron chi connectivity index (χ1n) is 9.66. The molecule has 1 aliphatic heterocycles. The Balaban J connectivity index is 0.00000280. The van der Waals surface area contributed by atoms with E-state index in [1.807, 2.05) is 4.90 Å². The molecule has 1 aromatic heterocycles. The van der Waals surface area contributed by atoms with Gasteiger partial charge in [0.2, 0.25) is 11.8 Å². The molecule has 156 valence electrons. The molecule has 3 rings (SSSR count). The maximum Gasteiger partial charge on any atom is 0.232 e. The minimum atomic E-state index is 0. The Morgan fingerprint density at radius 1 is 1.39 bits per heavy atom. The number of rotatable bonds is 6. The van der Waals surface area contributed by atoms with Gasteiger partial charge in [-0.2, -0.15) is 0 Å². The van der Waals surface area contributed by atoms with Crippen LogP contribution in [0.1, 0.15) is 32.1 Å². The van der Waals surface area contributed by atoms with Crippen LogP contribution in [-0.4, -0.2) is 61.1 Å². The fraction of sp³-hybridized carbons (Fsp3) is 0.632. The number of ether oxygens (including phenoxy) is 1. The van der Waals surface area contributed by atoms with E-state index in [9.17, 15) is 4.79 Å². The third kappa shape index (κ3) is 6.37. The zero-order chi connectivity index (χ0) is 19.1. The number of pyridine rings is 1. The van der Waals surface area contributed by atoms with Crippen molar-refractivity contribution in [2.24, 2.45) is 10.9 Å². The van der Waals surface area contributed by atoms with Crippen molar-refractivity contribution in [1.29, 1.82) is 0 Å². The molecule has 1 amide bonds. The Morgan fingerprint density at radius 2 is 2.18 bits per heavy atom. The summed E-state index contributed by atoms with van der Waals surface area (Å²) in [6.07, 6.45) is 7.07. The summed E-state index contributed by atoms with van der Waals surface area (Å²) in [7, 11) is 1.74. The quantitative estimate of drug-likeness (QED) is 0.260. The summed E-state index contributed by atoms with van der Waals surface area (Å²) < 4.78 is 5.57. The van der Waals surface area contributed by atoms with Gasteiger partial charge in [0, 0.05) is 38.3 Å². The maximum atomic E-state index is 12.5. The Hall–Kier alpha value is -1.29. The number of amides is 1. The molecule has 9 heteroatoms. The van der Waals surface area contributed by atoms with Crippen molar-refractivity contribution in [3.05, 3.63) is 23.4 Å². The third-order valence-electron chi connectivity index (χ3n) is 5.13. The molecule has 2 aliphatic rings. The molecule has 0 spiro atoms. The van der Waals surface area contributed by atoms with Crippen LogP contribution in [-0.2, 0) is 4.79 Å². The molecular weight excluding hydrogens is 493 g/mol. The second-order valence-corrected chi connectivity index (χ2v) is 7.44. The SMILES string of the molecule is CN=C(NCCOc1ncccc1Cl)NC1CCN(C(=O)C2CCCC2)C1.I. The number of carbonyl (C=O) groups is 1. The molecule has 2 N–H and O–H groups in total. The highest BCUT2D eigenvalue weighted by molar-refractivity contribution is 14.0. The smallest absolute Gasteiger partial charge is 0.232 e. The lowest BCUT2D eigenvalue weighted by atomic mass is 10.1. The van der Waals surface area contributed by atoms with E-state index in [0.717, 1.165) is 32.4 Å². The van der Waals surface area contributed by atoms with Crippen molar-refractivity contribution >= 4 is 47.4 Å². The molecule has 1 atom stereocenters. The van der Waals surface area contributed by atoms with Crippen molar-refractivity contribution in [2.45, 2.75) is 38.1 Å². The number of aliphatic imine (C=N–C) groups is 1. The molecule has 1 saturated carbocycles. The molecule has 0 radical (unpaired) electrons. The summed E-state index contributed by atoms with van der Waals surface area (Å²) in [5.74, 6) is 1.73. The van der Waals surface area contributed by atoms with Crippen LogP contribution in [0.25, 0.3) is 0 Å². The number of carbonyl (C=O) groups excluding carboxylic acids is 1. The van der Waals surface area contributed by atoms with Gasteiger partial charge in [-0.05, 0) is 31.4 Å². The predicted molar refractivity (Wildman–Crippen MR) is 122 cm³/mol. The van der Waals surface area contributed by atoms with Gasteiger partial charge in [-0.25, -0.2) is 4.98 Å². The lowest BCUT2D eigenvalue weighted by molar-refractivity contribution is -0.134. The highest BCUT2D eigenvalue weighted by atomic mass is 127. The fourth-order valence-electron chi connectivity index (χ4n) is 3.69. The van der Waals surface area contributed by atoms with Gasteiger partial charge in [0.15, 0.2) is 5.96 Å². The van der Waals surface area contributed by atoms with Crippen LogP contribution in [0.2, 0.25) is 5.02 Å². The average Bonchev–Trinajstić information content (AvgIpc) is 3.37. The second kappa shape index (κ2) is 11.6. The minimum absolute atomic E-state index is 0. The van der Waals surface area contributed by atoms with Crippen LogP contribution in [0, 0.1) is 5.92 Å². The average molecular weight is 522 g/mol. The number of hydrogen-bond donors (Lipinski definition) is 2. The summed E-state index contributed by atoms with van der Waals surface area (Å²) in [5, 5.41) is 7.12. The van der Waals surface area contributed by atoms with Crippen LogP contribution < -0.4 is 15.4 Å². The number of halogens is 2. The fourth-order valence-corrected chi connectivity index (χ4v) is 3.87. The van der Waals surface area contributed by atoms with Crippen LogP contribution in [0.15, 0.2) is 23.3 Å². The summed E-state index contributed by atoms with van der Waals surface area (Å²) in [6.45, 7) is 2.57. The number of hydrogen-bond acceptors (Lipinski definition) is 4. The van der Waals surface area contributed by atoms with Crippen molar-refractivity contribution in [3.63, 3.8) is 0 Å². The standard InChI is InChI=1S/C19H28ClN5O2.HI/c1-21-19(23-10-12-27-17-16(20)7-4-9-22-17)24-15-8-11-25(13-15)18(26)14-5-2-3-6-14;/h4,7,9,14-15H,2-3,5-6,8,10-13H2,1H3,(H2,21,23,24);1H. The van der Waals surface area contributed by atoms with Crippen molar-refractivity contribution in [2.75, 3.05) is 33.3 Å². The Labute approximate surface area is 188 Å². The van der Waals surface area contributed by atoms with Gasteiger partial charge in [-0.15, -0.1) is 24.0 Å². The maximum absolute atomic E-state index is 12.5. The Bertz CT molecular complexity index is 669. The van der Waals surface area contributed by atoms with E-state index in [1.165, 1.54) is 12.8 Å². The molecule has 1 saturated heterocycles. The predicted octanol–water partition coefficient (Wildman–Crippen LogP) is 2.69. The monoisotopic (exact) mass is 521 g/mol. The van der Waals surface area contributed by atoms with Gasteiger partial charge < -0.3 is 20.3 Å². The molecule has 1 unspecified atom stereocenters. The van der Waals surface area contributed by atoms with Crippen LogP contribution >= 0.6 is 35.6 Å². The van der Waals surface area contributed by atoms with Crippen LogP contribution in [0.4, 0.5) is 0 Å². The number of nitrogens with one attached hydrogen (secondary N) is 2. The Kier molecular flexibility index (Phi) is 9.57. The first-order valence-corrected chi connectivity index (χ1v) is 10.0. The summed E-state index contributed by atoms with van der Waals surface area (Å²) in [4.78, 5) is 22.9. The molecule has 1 aromatic rings. The van der Waals surface area contributed by atoms with E-state index in [2.05, 4.69) is 20.6 Å². The van der Waals surface area contributed by atoms with Gasteiger partial charge in [0.05, 0.1) is 6.54 Å². The van der Waals surface area contributed by atoms with Crippen molar-refractivity contribution in [3.8, 4) is 5.88 Å². The first-order chi connectivity index (χ1) is 13.2. The molecule has 0 bridgehead atoms. The number of aromatic nitrogens is 1. The van der Waals surface area contributed by atoms with Crippen molar-refractivity contribution in [1.82, 2.24) is 20.5 Å². The van der Waals surface area contributed by atoms with E-state index in [-0.39, 0.29) is 35.9 Å². The number of guanidine groups is 1. The van der Waals surface area contributed by atoms with Crippen LogP contribution in [0.3, 0.4) is 0 Å². The molecule has 7 nitrogen and oxygen atoms in total. The molecule has 2 fully saturated rings. The summed E-state index contributed by atoms with van der Waals surface area (Å²) >= 11 is 6.02. The van der Waals surface area contributed by atoms with Crippen molar-refractivity contribution < 1.29 is 9.53 Å². The van der Waals surface area contributed by atoms with E-state index in [4.69, 9.17) is 16.3 Å². The van der Waals surface area contributed by atoms with Gasteiger partial charge in [-0.1, -0.05) is 24.4 Å². The van der Waals surface area contributed by atoms with Gasteiger partial charge in [0.1, 0.15) is 11.6 Å². The number of nitrogens with zero attached hydrogens (tertiary/aromatic N) is 3. The van der Waals surface area contributed by atoms with Crippen LogP contribution in [0.5, 0.6) is 5.88 Å². The molecular formula is C19H29ClIN5O2. The van der Waals surface area contributed by atoms with E-state index < -0.39 is 0 Å².